The van der Waals surface area contributed by atoms with Gasteiger partial charge in [0.2, 0.25) is 0 Å². The summed E-state index contributed by atoms with van der Waals surface area (Å²) in [6, 6.07) is -0.956. The Morgan fingerprint density at radius 2 is 2.27 bits per heavy atom. The third kappa shape index (κ3) is 4.63. The molecule has 0 heterocycles. The molecule has 64 valence electrons. The van der Waals surface area contributed by atoms with Gasteiger partial charge >= 0.3 is 11.9 Å². The Balaban J connectivity index is 3.70. The molecule has 0 saturated carbocycles. The quantitative estimate of drug-likeness (QED) is 0.398. The van der Waals surface area contributed by atoms with Gasteiger partial charge in [0.05, 0.1) is 0 Å². The Labute approximate surface area is 69.1 Å². The van der Waals surface area contributed by atoms with Crippen LogP contribution in [-0.4, -0.2) is 28.8 Å². The van der Waals surface area contributed by atoms with Crippen molar-refractivity contribution in [1.82, 2.24) is 5.48 Å². The molecule has 0 amide bonds. The van der Waals surface area contributed by atoms with E-state index >= 15 is 0 Å². The maximum Gasteiger partial charge on any atom is 0.324 e. The number of nitrogens with one attached hydrogen (secondary N) is 1. The van der Waals surface area contributed by atoms with Gasteiger partial charge in [0.1, 0.15) is 6.04 Å². The molecule has 0 aliphatic heterocycles. The van der Waals surface area contributed by atoms with Gasteiger partial charge < -0.3 is 9.94 Å². The Kier molecular flexibility index (Phi) is 4.64. The molecule has 0 aliphatic rings. The van der Waals surface area contributed by atoms with Crippen LogP contribution in [0, 0.1) is 0 Å². The van der Waals surface area contributed by atoms with Crippen molar-refractivity contribution in [3.8, 4) is 0 Å². The van der Waals surface area contributed by atoms with Gasteiger partial charge in [-0.15, -0.1) is 5.48 Å². The van der Waals surface area contributed by atoms with Crippen molar-refractivity contribution < 1.29 is 19.5 Å². The van der Waals surface area contributed by atoms with E-state index in [1.54, 1.807) is 0 Å². The Morgan fingerprint density at radius 3 is 2.55 bits per heavy atom. The third-order valence-electron chi connectivity index (χ3n) is 0.826. The highest BCUT2D eigenvalue weighted by molar-refractivity contribution is 7.80. The monoisotopic (exact) mass is 179 g/mol. The van der Waals surface area contributed by atoms with Crippen LogP contribution >= 0.6 is 12.6 Å². The predicted molar refractivity (Wildman–Crippen MR) is 40.2 cm³/mol. The fraction of sp³-hybridized carbons (Fsp3) is 0.600. The second kappa shape index (κ2) is 4.97. The molecule has 0 aliphatic carbocycles. The lowest BCUT2D eigenvalue weighted by Gasteiger charge is -2.09. The van der Waals surface area contributed by atoms with Gasteiger partial charge in [-0.3, -0.25) is 9.59 Å². The molecule has 0 saturated heterocycles. The Bertz CT molecular complexity index is 161. The van der Waals surface area contributed by atoms with Crippen LogP contribution in [0.3, 0.4) is 0 Å². The molecule has 0 fully saturated rings. The third-order valence-corrected chi connectivity index (χ3v) is 1.19. The first-order valence-electron chi connectivity index (χ1n) is 2.84. The summed E-state index contributed by atoms with van der Waals surface area (Å²) in [5, 5.41) is 8.38. The molecule has 6 heteroatoms. The van der Waals surface area contributed by atoms with Crippen LogP contribution in [-0.2, 0) is 14.4 Å². The first kappa shape index (κ1) is 10.2. The minimum atomic E-state index is -1.11. The van der Waals surface area contributed by atoms with E-state index in [0.29, 0.717) is 0 Å². The van der Waals surface area contributed by atoms with Gasteiger partial charge in [-0.05, 0) is 0 Å². The van der Waals surface area contributed by atoms with Crippen molar-refractivity contribution in [2.45, 2.75) is 13.0 Å². The summed E-state index contributed by atoms with van der Waals surface area (Å²) in [7, 11) is 0. The number of hydrogen-bond acceptors (Lipinski definition) is 5. The summed E-state index contributed by atoms with van der Waals surface area (Å²) >= 11 is 3.72. The number of hydroxylamine groups is 1. The zero-order valence-electron chi connectivity index (χ0n) is 5.90. The lowest BCUT2D eigenvalue weighted by atomic mass is 10.4. The van der Waals surface area contributed by atoms with Gasteiger partial charge in [0.25, 0.3) is 0 Å². The van der Waals surface area contributed by atoms with E-state index in [-0.39, 0.29) is 5.75 Å². The molecule has 0 aromatic carbocycles. The van der Waals surface area contributed by atoms with Crippen LogP contribution in [0.2, 0.25) is 0 Å². The number of carboxylic acid groups (broad SMARTS) is 1. The fourth-order valence-electron chi connectivity index (χ4n) is 0.320. The SMILES string of the molecule is CC(=O)ON[C@@H](CS)C(=O)O. The van der Waals surface area contributed by atoms with Crippen molar-refractivity contribution in [3.63, 3.8) is 0 Å². The summed E-state index contributed by atoms with van der Waals surface area (Å²) in [4.78, 5) is 24.7. The van der Waals surface area contributed by atoms with Crippen molar-refractivity contribution in [2.75, 3.05) is 5.75 Å². The van der Waals surface area contributed by atoms with Gasteiger partial charge in [-0.1, -0.05) is 0 Å². The van der Waals surface area contributed by atoms with Crippen LogP contribution in [0.1, 0.15) is 6.92 Å². The first-order chi connectivity index (χ1) is 5.07. The Hall–Kier alpha value is -0.750. The highest BCUT2D eigenvalue weighted by Crippen LogP contribution is 1.87. The number of thiol groups is 1. The molecule has 0 bridgehead atoms. The zero-order valence-corrected chi connectivity index (χ0v) is 6.80. The van der Waals surface area contributed by atoms with Crippen LogP contribution in [0.5, 0.6) is 0 Å². The molecule has 1 atom stereocenters. The van der Waals surface area contributed by atoms with E-state index in [4.69, 9.17) is 5.11 Å². The highest BCUT2D eigenvalue weighted by atomic mass is 32.1. The van der Waals surface area contributed by atoms with Crippen LogP contribution < -0.4 is 5.48 Å². The molecule has 0 spiro atoms. The molecule has 0 aromatic heterocycles. The molecule has 2 N–H and O–H groups in total. The molecule has 0 unspecified atom stereocenters. The first-order valence-corrected chi connectivity index (χ1v) is 3.47. The smallest absolute Gasteiger partial charge is 0.324 e. The van der Waals surface area contributed by atoms with E-state index in [2.05, 4.69) is 17.5 Å². The maximum atomic E-state index is 10.2. The second-order valence-corrected chi connectivity index (χ2v) is 2.15. The average Bonchev–Trinajstić information content (AvgIpc) is 1.87. The van der Waals surface area contributed by atoms with E-state index in [9.17, 15) is 9.59 Å². The minimum Gasteiger partial charge on any atom is -0.480 e. The van der Waals surface area contributed by atoms with E-state index in [1.165, 1.54) is 6.92 Å². The van der Waals surface area contributed by atoms with Crippen molar-refractivity contribution in [1.29, 1.82) is 0 Å². The lowest BCUT2D eigenvalue weighted by molar-refractivity contribution is -0.154. The van der Waals surface area contributed by atoms with Gasteiger partial charge in [-0.2, -0.15) is 12.6 Å². The van der Waals surface area contributed by atoms with Crippen molar-refractivity contribution >= 4 is 24.6 Å². The average molecular weight is 179 g/mol. The number of rotatable bonds is 4. The Morgan fingerprint density at radius 1 is 1.73 bits per heavy atom. The number of hydrogen-bond donors (Lipinski definition) is 3. The molecule has 5 nitrogen and oxygen atoms in total. The van der Waals surface area contributed by atoms with E-state index < -0.39 is 18.0 Å². The lowest BCUT2D eigenvalue weighted by Crippen LogP contribution is -2.39. The van der Waals surface area contributed by atoms with Gasteiger partial charge in [0, 0.05) is 12.7 Å². The number of carbonyl (C=O) groups excluding carboxylic acids is 1. The van der Waals surface area contributed by atoms with Gasteiger partial charge in [0.15, 0.2) is 0 Å². The molecular weight excluding hydrogens is 170 g/mol. The number of aliphatic carboxylic acids is 1. The van der Waals surface area contributed by atoms with Crippen LogP contribution in [0.4, 0.5) is 0 Å². The summed E-state index contributed by atoms with van der Waals surface area (Å²) in [5.41, 5.74) is 2.04. The molecule has 0 aromatic rings. The topological polar surface area (TPSA) is 75.6 Å². The largest absolute Gasteiger partial charge is 0.480 e. The normalized spacial score (nSPS) is 12.2. The van der Waals surface area contributed by atoms with Crippen molar-refractivity contribution in [2.24, 2.45) is 0 Å². The molecule has 0 radical (unpaired) electrons. The summed E-state index contributed by atoms with van der Waals surface area (Å²) in [6.07, 6.45) is 0. The number of carbonyl (C=O) groups is 2. The number of carboxylic acids is 1. The second-order valence-electron chi connectivity index (χ2n) is 1.78. The molecule has 0 rings (SSSR count). The summed E-state index contributed by atoms with van der Waals surface area (Å²) in [6.45, 7) is 1.17. The zero-order chi connectivity index (χ0) is 8.85. The van der Waals surface area contributed by atoms with Gasteiger partial charge in [-0.25, -0.2) is 0 Å². The maximum absolute atomic E-state index is 10.2. The van der Waals surface area contributed by atoms with Crippen molar-refractivity contribution in [3.05, 3.63) is 0 Å². The minimum absolute atomic E-state index is 0.0581. The molecular formula is C5H9NO4S. The van der Waals surface area contributed by atoms with E-state index in [0.717, 1.165) is 0 Å². The highest BCUT2D eigenvalue weighted by Gasteiger charge is 2.15. The summed E-state index contributed by atoms with van der Waals surface area (Å²) in [5.74, 6) is -1.64. The van der Waals surface area contributed by atoms with E-state index in [1.807, 2.05) is 5.48 Å². The van der Waals surface area contributed by atoms with Crippen LogP contribution in [0.15, 0.2) is 0 Å². The fourth-order valence-corrected chi connectivity index (χ4v) is 0.551. The summed E-state index contributed by atoms with van der Waals surface area (Å²) < 4.78 is 0. The predicted octanol–water partition coefficient (Wildman–Crippen LogP) is -0.563. The van der Waals surface area contributed by atoms with Crippen LogP contribution in [0.25, 0.3) is 0 Å². The molecule has 11 heavy (non-hydrogen) atoms. The standard InChI is InChI=1S/C5H9NO4S/c1-3(7)10-6-4(2-11)5(8)9/h4,6,11H,2H2,1H3,(H,8,9)/t4-/m0/s1.